The van der Waals surface area contributed by atoms with E-state index in [0.717, 1.165) is 36.9 Å². The van der Waals surface area contributed by atoms with Crippen LogP contribution in [0.2, 0.25) is 0 Å². The zero-order valence-corrected chi connectivity index (χ0v) is 9.48. The number of hydrogen-bond acceptors (Lipinski definition) is 5. The molecule has 0 amide bonds. The molecule has 0 bridgehead atoms. The molecule has 0 radical (unpaired) electrons. The third-order valence-corrected chi connectivity index (χ3v) is 2.74. The van der Waals surface area contributed by atoms with E-state index < -0.39 is 12.6 Å². The zero-order valence-electron chi connectivity index (χ0n) is 9.48. The van der Waals surface area contributed by atoms with Crippen molar-refractivity contribution in [2.75, 3.05) is 12.1 Å². The lowest BCUT2D eigenvalue weighted by Gasteiger charge is -2.11. The summed E-state index contributed by atoms with van der Waals surface area (Å²) in [5.41, 5.74) is 4.69. The highest BCUT2D eigenvalue weighted by Crippen LogP contribution is 2.23. The monoisotopic (exact) mass is 237 g/mol. The molecule has 1 aromatic rings. The molecule has 2 N–H and O–H groups in total. The van der Waals surface area contributed by atoms with Crippen LogP contribution in [0.5, 0.6) is 0 Å². The second-order valence-corrected chi connectivity index (χ2v) is 3.99. The van der Waals surface area contributed by atoms with E-state index in [0.29, 0.717) is 5.82 Å². The number of nitrogens with zero attached hydrogens (tertiary/aromatic N) is 2. The summed E-state index contributed by atoms with van der Waals surface area (Å²) in [5.74, 6) is -0.421. The van der Waals surface area contributed by atoms with Gasteiger partial charge < -0.3 is 5.11 Å². The highest BCUT2D eigenvalue weighted by atomic mass is 16.7. The average Bonchev–Trinajstić information content (AvgIpc) is 2.54. The molecule has 2 rings (SSSR count). The molecule has 6 nitrogen and oxygen atoms in total. The number of aryl methyl sites for hydroxylation is 1. The van der Waals surface area contributed by atoms with Gasteiger partial charge >= 0.3 is 5.97 Å². The van der Waals surface area contributed by atoms with Gasteiger partial charge in [0.15, 0.2) is 12.4 Å². The third kappa shape index (κ3) is 3.13. The Balaban J connectivity index is 2.08. The molecule has 1 aliphatic rings. The number of rotatable bonds is 4. The Labute approximate surface area is 99.0 Å². The van der Waals surface area contributed by atoms with Crippen LogP contribution in [-0.2, 0) is 22.5 Å². The molecule has 0 aromatic carbocycles. The Kier molecular flexibility index (Phi) is 3.87. The van der Waals surface area contributed by atoms with Gasteiger partial charge in [-0.1, -0.05) is 6.42 Å². The molecule has 0 spiro atoms. The van der Waals surface area contributed by atoms with Crippen LogP contribution < -0.4 is 5.48 Å². The lowest BCUT2D eigenvalue weighted by Crippen LogP contribution is -2.14. The van der Waals surface area contributed by atoms with Crippen molar-refractivity contribution >= 4 is 11.8 Å². The average molecular weight is 237 g/mol. The van der Waals surface area contributed by atoms with Gasteiger partial charge in [0.05, 0.1) is 0 Å². The number of hydrogen-bond donors (Lipinski definition) is 2. The first kappa shape index (κ1) is 11.8. The van der Waals surface area contributed by atoms with E-state index in [1.807, 2.05) is 0 Å². The van der Waals surface area contributed by atoms with Crippen molar-refractivity contribution in [2.24, 2.45) is 0 Å². The van der Waals surface area contributed by atoms with Gasteiger partial charge in [-0.15, -0.1) is 0 Å². The van der Waals surface area contributed by atoms with Crippen molar-refractivity contribution in [3.8, 4) is 0 Å². The summed E-state index contributed by atoms with van der Waals surface area (Å²) in [6.07, 6.45) is 6.77. The Morgan fingerprint density at radius 3 is 3.00 bits per heavy atom. The predicted molar refractivity (Wildman–Crippen MR) is 60.5 cm³/mol. The fourth-order valence-corrected chi connectivity index (χ4v) is 1.95. The van der Waals surface area contributed by atoms with Crippen LogP contribution in [0.3, 0.4) is 0 Å². The summed E-state index contributed by atoms with van der Waals surface area (Å²) in [4.78, 5) is 23.5. The van der Waals surface area contributed by atoms with E-state index in [-0.39, 0.29) is 0 Å². The van der Waals surface area contributed by atoms with Crippen molar-refractivity contribution < 1.29 is 14.7 Å². The van der Waals surface area contributed by atoms with E-state index in [9.17, 15) is 4.79 Å². The number of nitrogens with one attached hydrogen (secondary N) is 1. The Hall–Kier alpha value is -1.69. The normalized spacial score (nSPS) is 14.8. The van der Waals surface area contributed by atoms with Crippen LogP contribution in [0, 0.1) is 0 Å². The van der Waals surface area contributed by atoms with Crippen molar-refractivity contribution in [1.29, 1.82) is 0 Å². The van der Waals surface area contributed by atoms with E-state index in [1.165, 1.54) is 12.7 Å². The minimum atomic E-state index is -1.02. The van der Waals surface area contributed by atoms with E-state index in [2.05, 4.69) is 15.4 Å². The van der Waals surface area contributed by atoms with Crippen molar-refractivity contribution in [3.63, 3.8) is 0 Å². The second-order valence-electron chi connectivity index (χ2n) is 3.99. The molecule has 0 saturated carbocycles. The van der Waals surface area contributed by atoms with Gasteiger partial charge in [-0.3, -0.25) is 4.84 Å². The largest absolute Gasteiger partial charge is 0.479 e. The van der Waals surface area contributed by atoms with Crippen LogP contribution in [0.25, 0.3) is 0 Å². The molecule has 0 aliphatic heterocycles. The fraction of sp³-hybridized carbons (Fsp3) is 0.545. The summed E-state index contributed by atoms with van der Waals surface area (Å²) in [6.45, 7) is -0.390. The maximum atomic E-state index is 10.3. The summed E-state index contributed by atoms with van der Waals surface area (Å²) >= 11 is 0. The Morgan fingerprint density at radius 1 is 1.35 bits per heavy atom. The molecular formula is C11H15N3O3. The quantitative estimate of drug-likeness (QED) is 0.604. The number of carbonyl (C=O) groups is 1. The van der Waals surface area contributed by atoms with Crippen LogP contribution >= 0.6 is 0 Å². The first-order valence-corrected chi connectivity index (χ1v) is 5.69. The summed E-state index contributed by atoms with van der Waals surface area (Å²) in [5, 5.41) is 8.48. The minimum Gasteiger partial charge on any atom is -0.479 e. The molecule has 0 fully saturated rings. The SMILES string of the molecule is O=C(O)CONc1ncnc2c1CCCCC2. The van der Waals surface area contributed by atoms with Gasteiger partial charge in [-0.25, -0.2) is 20.2 Å². The number of carboxylic acids is 1. The summed E-state index contributed by atoms with van der Waals surface area (Å²) in [7, 11) is 0. The molecule has 1 aliphatic carbocycles. The number of fused-ring (bicyclic) bond motifs is 1. The molecule has 1 heterocycles. The molecule has 6 heteroatoms. The molecule has 92 valence electrons. The second kappa shape index (κ2) is 5.58. The molecule has 1 aromatic heterocycles. The van der Waals surface area contributed by atoms with Gasteiger partial charge in [-0.05, 0) is 25.7 Å². The number of carboxylic acid groups (broad SMARTS) is 1. The van der Waals surface area contributed by atoms with Gasteiger partial charge in [0, 0.05) is 11.3 Å². The van der Waals surface area contributed by atoms with Crippen molar-refractivity contribution in [1.82, 2.24) is 9.97 Å². The van der Waals surface area contributed by atoms with Crippen LogP contribution in [0.1, 0.15) is 30.5 Å². The van der Waals surface area contributed by atoms with E-state index in [4.69, 9.17) is 9.94 Å². The number of aliphatic carboxylic acids is 1. The highest BCUT2D eigenvalue weighted by Gasteiger charge is 2.14. The lowest BCUT2D eigenvalue weighted by molar-refractivity contribution is -0.141. The first-order valence-electron chi connectivity index (χ1n) is 5.69. The summed E-state index contributed by atoms with van der Waals surface area (Å²) in [6, 6.07) is 0. The topological polar surface area (TPSA) is 84.3 Å². The number of anilines is 1. The van der Waals surface area contributed by atoms with Crippen LogP contribution in [0.15, 0.2) is 6.33 Å². The van der Waals surface area contributed by atoms with Crippen LogP contribution in [-0.4, -0.2) is 27.7 Å². The minimum absolute atomic E-state index is 0.390. The summed E-state index contributed by atoms with van der Waals surface area (Å²) < 4.78 is 0. The van der Waals surface area contributed by atoms with Gasteiger partial charge in [-0.2, -0.15) is 0 Å². The van der Waals surface area contributed by atoms with Gasteiger partial charge in [0.1, 0.15) is 6.33 Å². The lowest BCUT2D eigenvalue weighted by atomic mass is 10.1. The predicted octanol–water partition coefficient (Wildman–Crippen LogP) is 1.17. The Bertz CT molecular complexity index is 409. The van der Waals surface area contributed by atoms with Crippen molar-refractivity contribution in [3.05, 3.63) is 17.6 Å². The van der Waals surface area contributed by atoms with Crippen molar-refractivity contribution in [2.45, 2.75) is 32.1 Å². The zero-order chi connectivity index (χ0) is 12.1. The van der Waals surface area contributed by atoms with E-state index >= 15 is 0 Å². The number of aromatic nitrogens is 2. The van der Waals surface area contributed by atoms with Crippen LogP contribution in [0.4, 0.5) is 5.82 Å². The molecule has 0 unspecified atom stereocenters. The first-order chi connectivity index (χ1) is 8.27. The van der Waals surface area contributed by atoms with Gasteiger partial charge in [0.2, 0.25) is 0 Å². The maximum Gasteiger partial charge on any atom is 0.332 e. The molecule has 0 atom stereocenters. The highest BCUT2D eigenvalue weighted by molar-refractivity contribution is 5.68. The fourth-order valence-electron chi connectivity index (χ4n) is 1.95. The molecule has 17 heavy (non-hydrogen) atoms. The molecular weight excluding hydrogens is 222 g/mol. The Morgan fingerprint density at radius 2 is 2.18 bits per heavy atom. The van der Waals surface area contributed by atoms with Gasteiger partial charge in [0.25, 0.3) is 0 Å². The van der Waals surface area contributed by atoms with E-state index in [1.54, 1.807) is 0 Å². The maximum absolute atomic E-state index is 10.3. The third-order valence-electron chi connectivity index (χ3n) is 2.74. The molecule has 0 saturated heterocycles. The smallest absolute Gasteiger partial charge is 0.332 e. The standard InChI is InChI=1S/C11H15N3O3/c15-10(16)6-17-14-11-8-4-2-1-3-5-9(8)12-7-13-11/h7H,1-6H2,(H,15,16)(H,12,13,14).